The standard InChI is InChI=1S/C17H19N3O3/c21-13-15-17(16-9-6-12-23-16)20(19-18-15)10-4-5-11-22-14-7-2-1-3-8-14/h1-3,6-9,12,21H,4-5,10-11,13H2. The first-order valence-electron chi connectivity index (χ1n) is 7.63. The lowest BCUT2D eigenvalue weighted by Gasteiger charge is -2.07. The van der Waals surface area contributed by atoms with Gasteiger partial charge in [-0.1, -0.05) is 23.4 Å². The van der Waals surface area contributed by atoms with Crippen LogP contribution in [0.2, 0.25) is 0 Å². The number of unbranched alkanes of at least 4 members (excludes halogenated alkanes) is 1. The Morgan fingerprint density at radius 3 is 2.70 bits per heavy atom. The van der Waals surface area contributed by atoms with Crippen molar-refractivity contribution in [2.24, 2.45) is 0 Å². The van der Waals surface area contributed by atoms with Crippen LogP contribution in [0, 0.1) is 0 Å². The Hall–Kier alpha value is -2.60. The molecule has 0 aliphatic rings. The summed E-state index contributed by atoms with van der Waals surface area (Å²) in [5, 5.41) is 17.5. The lowest BCUT2D eigenvalue weighted by Crippen LogP contribution is -2.05. The van der Waals surface area contributed by atoms with Gasteiger partial charge in [-0.3, -0.25) is 0 Å². The van der Waals surface area contributed by atoms with Crippen LogP contribution >= 0.6 is 0 Å². The number of benzene rings is 1. The SMILES string of the molecule is OCc1nnn(CCCCOc2ccccc2)c1-c1ccco1. The molecule has 2 heterocycles. The summed E-state index contributed by atoms with van der Waals surface area (Å²) in [6.45, 7) is 1.19. The average molecular weight is 313 g/mol. The van der Waals surface area contributed by atoms with E-state index in [2.05, 4.69) is 10.3 Å². The zero-order valence-electron chi connectivity index (χ0n) is 12.8. The fourth-order valence-corrected chi connectivity index (χ4v) is 2.37. The number of hydrogen-bond donors (Lipinski definition) is 1. The molecule has 6 nitrogen and oxygen atoms in total. The molecule has 2 aromatic heterocycles. The minimum absolute atomic E-state index is 0.160. The molecule has 3 aromatic rings. The summed E-state index contributed by atoms with van der Waals surface area (Å²) in [6, 6.07) is 13.4. The van der Waals surface area contributed by atoms with Gasteiger partial charge in [0.1, 0.15) is 17.1 Å². The number of para-hydroxylation sites is 1. The number of aryl methyl sites for hydroxylation is 1. The Morgan fingerprint density at radius 1 is 1.09 bits per heavy atom. The summed E-state index contributed by atoms with van der Waals surface area (Å²) in [5.41, 5.74) is 1.27. The third kappa shape index (κ3) is 3.78. The lowest BCUT2D eigenvalue weighted by atomic mass is 10.2. The van der Waals surface area contributed by atoms with E-state index in [1.54, 1.807) is 10.9 Å². The minimum atomic E-state index is -0.160. The Morgan fingerprint density at radius 2 is 1.96 bits per heavy atom. The van der Waals surface area contributed by atoms with Crippen molar-refractivity contribution in [3.05, 3.63) is 54.4 Å². The van der Waals surface area contributed by atoms with Crippen LogP contribution in [-0.2, 0) is 13.2 Å². The van der Waals surface area contributed by atoms with Crippen molar-refractivity contribution in [1.29, 1.82) is 0 Å². The molecule has 0 unspecified atom stereocenters. The van der Waals surface area contributed by atoms with E-state index >= 15 is 0 Å². The predicted octanol–water partition coefficient (Wildman–Crippen LogP) is 2.89. The van der Waals surface area contributed by atoms with Gasteiger partial charge in [-0.05, 0) is 37.1 Å². The van der Waals surface area contributed by atoms with Crippen molar-refractivity contribution in [2.45, 2.75) is 26.0 Å². The molecular formula is C17H19N3O3. The normalized spacial score (nSPS) is 10.8. The smallest absolute Gasteiger partial charge is 0.153 e. The number of aromatic nitrogens is 3. The second-order valence-corrected chi connectivity index (χ2v) is 5.11. The summed E-state index contributed by atoms with van der Waals surface area (Å²) in [4.78, 5) is 0. The van der Waals surface area contributed by atoms with Crippen LogP contribution in [0.1, 0.15) is 18.5 Å². The predicted molar refractivity (Wildman–Crippen MR) is 84.8 cm³/mol. The third-order valence-electron chi connectivity index (χ3n) is 3.49. The van der Waals surface area contributed by atoms with Gasteiger partial charge in [0.2, 0.25) is 0 Å². The van der Waals surface area contributed by atoms with Gasteiger partial charge in [0.15, 0.2) is 5.76 Å². The molecule has 0 bridgehead atoms. The Bertz CT molecular complexity index is 708. The fraction of sp³-hybridized carbons (Fsp3) is 0.294. The molecule has 0 spiro atoms. The first-order valence-corrected chi connectivity index (χ1v) is 7.63. The highest BCUT2D eigenvalue weighted by atomic mass is 16.5. The molecular weight excluding hydrogens is 294 g/mol. The van der Waals surface area contributed by atoms with Crippen LogP contribution < -0.4 is 4.74 Å². The topological polar surface area (TPSA) is 73.3 Å². The molecule has 0 saturated heterocycles. The van der Waals surface area contributed by atoms with E-state index in [1.807, 2.05) is 42.5 Å². The molecule has 0 fully saturated rings. The molecule has 1 aromatic carbocycles. The van der Waals surface area contributed by atoms with Crippen molar-refractivity contribution in [3.8, 4) is 17.2 Å². The monoisotopic (exact) mass is 313 g/mol. The maximum absolute atomic E-state index is 9.39. The number of nitrogens with zero attached hydrogens (tertiary/aromatic N) is 3. The molecule has 0 aliphatic heterocycles. The van der Waals surface area contributed by atoms with E-state index in [4.69, 9.17) is 9.15 Å². The van der Waals surface area contributed by atoms with Crippen molar-refractivity contribution in [2.75, 3.05) is 6.61 Å². The van der Waals surface area contributed by atoms with E-state index in [-0.39, 0.29) is 6.61 Å². The average Bonchev–Trinajstić information content (AvgIpc) is 3.24. The van der Waals surface area contributed by atoms with Gasteiger partial charge in [-0.2, -0.15) is 0 Å². The third-order valence-corrected chi connectivity index (χ3v) is 3.49. The largest absolute Gasteiger partial charge is 0.494 e. The molecule has 120 valence electrons. The van der Waals surface area contributed by atoms with Crippen LogP contribution in [0.4, 0.5) is 0 Å². The van der Waals surface area contributed by atoms with Gasteiger partial charge in [0.05, 0.1) is 19.5 Å². The molecule has 3 rings (SSSR count). The Balaban J connectivity index is 1.54. The molecule has 0 amide bonds. The van der Waals surface area contributed by atoms with E-state index in [1.165, 1.54) is 0 Å². The number of hydrogen-bond acceptors (Lipinski definition) is 5. The van der Waals surface area contributed by atoms with Gasteiger partial charge < -0.3 is 14.3 Å². The zero-order chi connectivity index (χ0) is 15.9. The van der Waals surface area contributed by atoms with Crippen molar-refractivity contribution >= 4 is 0 Å². The van der Waals surface area contributed by atoms with Crippen molar-refractivity contribution < 1.29 is 14.3 Å². The molecule has 0 saturated carbocycles. The Labute approximate surface area is 134 Å². The maximum Gasteiger partial charge on any atom is 0.153 e. The number of ether oxygens (including phenoxy) is 1. The van der Waals surface area contributed by atoms with Crippen molar-refractivity contribution in [1.82, 2.24) is 15.0 Å². The summed E-state index contributed by atoms with van der Waals surface area (Å²) < 4.78 is 12.8. The van der Waals surface area contributed by atoms with Gasteiger partial charge in [-0.25, -0.2) is 4.68 Å². The summed E-state index contributed by atoms with van der Waals surface area (Å²) >= 11 is 0. The van der Waals surface area contributed by atoms with Crippen LogP contribution in [0.5, 0.6) is 5.75 Å². The molecule has 0 radical (unpaired) electrons. The highest BCUT2D eigenvalue weighted by molar-refractivity contribution is 5.54. The van der Waals surface area contributed by atoms with Crippen molar-refractivity contribution in [3.63, 3.8) is 0 Å². The zero-order valence-corrected chi connectivity index (χ0v) is 12.8. The van der Waals surface area contributed by atoms with Gasteiger partial charge in [0, 0.05) is 6.54 Å². The highest BCUT2D eigenvalue weighted by Gasteiger charge is 2.16. The highest BCUT2D eigenvalue weighted by Crippen LogP contribution is 2.23. The summed E-state index contributed by atoms with van der Waals surface area (Å²) in [7, 11) is 0. The van der Waals surface area contributed by atoms with Gasteiger partial charge in [-0.15, -0.1) is 5.10 Å². The molecule has 23 heavy (non-hydrogen) atoms. The minimum Gasteiger partial charge on any atom is -0.494 e. The second-order valence-electron chi connectivity index (χ2n) is 5.11. The number of aliphatic hydroxyl groups excluding tert-OH is 1. The van der Waals surface area contributed by atoms with E-state index in [9.17, 15) is 5.11 Å². The molecule has 1 N–H and O–H groups in total. The van der Waals surface area contributed by atoms with E-state index in [0.29, 0.717) is 24.6 Å². The maximum atomic E-state index is 9.39. The lowest BCUT2D eigenvalue weighted by molar-refractivity contribution is 0.277. The quantitative estimate of drug-likeness (QED) is 0.647. The van der Waals surface area contributed by atoms with Crippen LogP contribution in [0.25, 0.3) is 11.5 Å². The van der Waals surface area contributed by atoms with Crippen LogP contribution in [0.15, 0.2) is 53.1 Å². The van der Waals surface area contributed by atoms with Gasteiger partial charge in [0.25, 0.3) is 0 Å². The first-order chi connectivity index (χ1) is 11.4. The molecule has 0 aliphatic carbocycles. The Kier molecular flexibility index (Phi) is 5.06. The van der Waals surface area contributed by atoms with Crippen LogP contribution in [0.3, 0.4) is 0 Å². The summed E-state index contributed by atoms with van der Waals surface area (Å²) in [6.07, 6.45) is 3.40. The van der Waals surface area contributed by atoms with Crippen LogP contribution in [-0.4, -0.2) is 26.7 Å². The summed E-state index contributed by atoms with van der Waals surface area (Å²) in [5.74, 6) is 1.55. The first kappa shape index (κ1) is 15.3. The second kappa shape index (κ2) is 7.60. The fourth-order valence-electron chi connectivity index (χ4n) is 2.37. The number of rotatable bonds is 8. The molecule has 0 atom stereocenters. The number of aliphatic hydroxyl groups is 1. The van der Waals surface area contributed by atoms with Gasteiger partial charge >= 0.3 is 0 Å². The van der Waals surface area contributed by atoms with E-state index in [0.717, 1.165) is 24.3 Å². The molecule has 6 heteroatoms. The number of furan rings is 1. The van der Waals surface area contributed by atoms with E-state index < -0.39 is 0 Å².